The zero-order chi connectivity index (χ0) is 15.0. The van der Waals surface area contributed by atoms with Gasteiger partial charge in [0.05, 0.1) is 12.7 Å². The van der Waals surface area contributed by atoms with Gasteiger partial charge < -0.3 is 10.5 Å². The Balaban J connectivity index is 2.06. The molecule has 1 fully saturated rings. The summed E-state index contributed by atoms with van der Waals surface area (Å²) in [6.07, 6.45) is 2.35. The average molecular weight is 310 g/mol. The van der Waals surface area contributed by atoms with E-state index in [0.29, 0.717) is 25.3 Å². The highest BCUT2D eigenvalue weighted by Crippen LogP contribution is 2.25. The second-order valence-corrected chi connectivity index (χ2v) is 6.85. The molecular weight excluding hydrogens is 292 g/mol. The number of hydrogen-bond donors (Lipinski definition) is 1. The summed E-state index contributed by atoms with van der Waals surface area (Å²) in [6.45, 7) is 3.05. The van der Waals surface area contributed by atoms with Gasteiger partial charge in [0.2, 0.25) is 0 Å². The van der Waals surface area contributed by atoms with Crippen molar-refractivity contribution in [2.45, 2.75) is 24.5 Å². The number of sulfonamides is 1. The molecule has 2 aromatic rings. The molecule has 0 aromatic carbocycles. The van der Waals surface area contributed by atoms with Crippen molar-refractivity contribution in [1.82, 2.24) is 13.7 Å². The number of imidazole rings is 1. The second kappa shape index (κ2) is 5.28. The summed E-state index contributed by atoms with van der Waals surface area (Å²) < 4.78 is 34.2. The van der Waals surface area contributed by atoms with Crippen molar-refractivity contribution in [3.8, 4) is 0 Å². The van der Waals surface area contributed by atoms with Crippen LogP contribution in [0.25, 0.3) is 5.65 Å². The minimum Gasteiger partial charge on any atom is -0.381 e. The quantitative estimate of drug-likeness (QED) is 0.902. The SMILES string of the molecule is CCC1CN(S(=O)(=O)c2c(N)nc3ccccn23)CCO1. The van der Waals surface area contributed by atoms with Gasteiger partial charge in [-0.15, -0.1) is 0 Å². The Bertz CT molecular complexity index is 756. The Labute approximate surface area is 123 Å². The Kier molecular flexibility index (Phi) is 3.60. The maximum absolute atomic E-state index is 12.9. The van der Waals surface area contributed by atoms with Crippen LogP contribution in [0.3, 0.4) is 0 Å². The molecule has 8 heteroatoms. The number of pyridine rings is 1. The molecule has 21 heavy (non-hydrogen) atoms. The Morgan fingerprint density at radius 3 is 3.05 bits per heavy atom. The standard InChI is InChI=1S/C13H18N4O3S/c1-2-10-9-16(7-8-20-10)21(18,19)13-12(14)15-11-5-3-4-6-17(11)13/h3-6,10H,2,7-9,14H2,1H3. The number of morpholine rings is 1. The van der Waals surface area contributed by atoms with Gasteiger partial charge in [-0.3, -0.25) is 4.40 Å². The molecule has 7 nitrogen and oxygen atoms in total. The number of ether oxygens (including phenoxy) is 1. The fourth-order valence-corrected chi connectivity index (χ4v) is 4.16. The van der Waals surface area contributed by atoms with Crippen LogP contribution in [0.1, 0.15) is 13.3 Å². The van der Waals surface area contributed by atoms with Gasteiger partial charge in [0.15, 0.2) is 10.8 Å². The number of nitrogens with zero attached hydrogens (tertiary/aromatic N) is 3. The van der Waals surface area contributed by atoms with Gasteiger partial charge in [0.1, 0.15) is 5.65 Å². The van der Waals surface area contributed by atoms with E-state index >= 15 is 0 Å². The van der Waals surface area contributed by atoms with Crippen molar-refractivity contribution in [3.63, 3.8) is 0 Å². The lowest BCUT2D eigenvalue weighted by molar-refractivity contribution is -0.00284. The van der Waals surface area contributed by atoms with E-state index in [4.69, 9.17) is 10.5 Å². The van der Waals surface area contributed by atoms with Gasteiger partial charge in [-0.05, 0) is 18.6 Å². The van der Waals surface area contributed by atoms with Crippen LogP contribution >= 0.6 is 0 Å². The van der Waals surface area contributed by atoms with E-state index in [-0.39, 0.29) is 16.9 Å². The zero-order valence-electron chi connectivity index (χ0n) is 11.8. The summed E-state index contributed by atoms with van der Waals surface area (Å²) in [5, 5.41) is 0.0369. The molecule has 0 spiro atoms. The maximum atomic E-state index is 12.9. The molecule has 3 rings (SSSR count). The van der Waals surface area contributed by atoms with E-state index in [0.717, 1.165) is 6.42 Å². The molecule has 1 atom stereocenters. The summed E-state index contributed by atoms with van der Waals surface area (Å²) in [7, 11) is -3.69. The van der Waals surface area contributed by atoms with Crippen LogP contribution in [-0.4, -0.2) is 47.9 Å². The van der Waals surface area contributed by atoms with Gasteiger partial charge in [-0.25, -0.2) is 13.4 Å². The molecule has 1 unspecified atom stereocenters. The Hall–Kier alpha value is -1.64. The third kappa shape index (κ3) is 2.39. The number of fused-ring (bicyclic) bond motifs is 1. The lowest BCUT2D eigenvalue weighted by atomic mass is 10.2. The topological polar surface area (TPSA) is 89.9 Å². The van der Waals surface area contributed by atoms with E-state index in [1.165, 1.54) is 8.71 Å². The van der Waals surface area contributed by atoms with Crippen molar-refractivity contribution in [2.24, 2.45) is 0 Å². The predicted octanol–water partition coefficient (Wildman–Crippen LogP) is 0.716. The predicted molar refractivity (Wildman–Crippen MR) is 78.4 cm³/mol. The Morgan fingerprint density at radius 2 is 2.29 bits per heavy atom. The fraction of sp³-hybridized carbons (Fsp3) is 0.462. The van der Waals surface area contributed by atoms with Gasteiger partial charge in [0.25, 0.3) is 10.0 Å². The molecular formula is C13H18N4O3S. The van der Waals surface area contributed by atoms with Crippen molar-refractivity contribution < 1.29 is 13.2 Å². The average Bonchev–Trinajstić information content (AvgIpc) is 2.83. The summed E-state index contributed by atoms with van der Waals surface area (Å²) in [5.74, 6) is 0.0285. The monoisotopic (exact) mass is 310 g/mol. The molecule has 0 amide bonds. The highest BCUT2D eigenvalue weighted by atomic mass is 32.2. The van der Waals surface area contributed by atoms with Gasteiger partial charge in [-0.2, -0.15) is 4.31 Å². The Morgan fingerprint density at radius 1 is 1.48 bits per heavy atom. The summed E-state index contributed by atoms with van der Waals surface area (Å²) in [6, 6.07) is 5.27. The largest absolute Gasteiger partial charge is 0.381 e. The summed E-state index contributed by atoms with van der Waals surface area (Å²) in [4.78, 5) is 4.12. The van der Waals surface area contributed by atoms with Crippen LogP contribution in [0.2, 0.25) is 0 Å². The minimum atomic E-state index is -3.69. The van der Waals surface area contributed by atoms with E-state index in [1.807, 2.05) is 6.92 Å². The lowest BCUT2D eigenvalue weighted by Crippen LogP contribution is -2.45. The van der Waals surface area contributed by atoms with Gasteiger partial charge in [0, 0.05) is 19.3 Å². The van der Waals surface area contributed by atoms with Crippen molar-refractivity contribution in [2.75, 3.05) is 25.4 Å². The smallest absolute Gasteiger partial charge is 0.263 e. The lowest BCUT2D eigenvalue weighted by Gasteiger charge is -2.31. The van der Waals surface area contributed by atoms with E-state index in [2.05, 4.69) is 4.98 Å². The summed E-state index contributed by atoms with van der Waals surface area (Å²) >= 11 is 0. The minimum absolute atomic E-state index is 0.0285. The number of nitrogen functional groups attached to an aromatic ring is 1. The van der Waals surface area contributed by atoms with Crippen LogP contribution in [0, 0.1) is 0 Å². The van der Waals surface area contributed by atoms with Crippen molar-refractivity contribution in [1.29, 1.82) is 0 Å². The van der Waals surface area contributed by atoms with Crippen LogP contribution in [0.5, 0.6) is 0 Å². The molecule has 0 aliphatic carbocycles. The number of nitrogens with two attached hydrogens (primary N) is 1. The van der Waals surface area contributed by atoms with Crippen LogP contribution in [-0.2, 0) is 14.8 Å². The molecule has 114 valence electrons. The molecule has 0 bridgehead atoms. The van der Waals surface area contributed by atoms with Crippen LogP contribution < -0.4 is 5.73 Å². The first-order valence-corrected chi connectivity index (χ1v) is 8.32. The first kappa shape index (κ1) is 14.3. The first-order chi connectivity index (χ1) is 10.0. The van der Waals surface area contributed by atoms with E-state index in [1.54, 1.807) is 24.4 Å². The van der Waals surface area contributed by atoms with Crippen LogP contribution in [0.4, 0.5) is 5.82 Å². The zero-order valence-corrected chi connectivity index (χ0v) is 12.6. The fourth-order valence-electron chi connectivity index (χ4n) is 2.53. The third-order valence-corrected chi connectivity index (χ3v) is 5.56. The molecule has 3 heterocycles. The van der Waals surface area contributed by atoms with Crippen molar-refractivity contribution in [3.05, 3.63) is 24.4 Å². The normalized spacial score (nSPS) is 20.9. The maximum Gasteiger partial charge on any atom is 0.263 e. The summed E-state index contributed by atoms with van der Waals surface area (Å²) in [5.41, 5.74) is 6.37. The van der Waals surface area contributed by atoms with Crippen molar-refractivity contribution >= 4 is 21.5 Å². The van der Waals surface area contributed by atoms with E-state index < -0.39 is 10.0 Å². The van der Waals surface area contributed by atoms with E-state index in [9.17, 15) is 8.42 Å². The first-order valence-electron chi connectivity index (χ1n) is 6.88. The van der Waals surface area contributed by atoms with Gasteiger partial charge in [-0.1, -0.05) is 13.0 Å². The number of rotatable bonds is 3. The second-order valence-electron chi connectivity index (χ2n) is 5.00. The molecule has 0 saturated carbocycles. The number of aromatic nitrogens is 2. The molecule has 1 aliphatic rings. The highest BCUT2D eigenvalue weighted by molar-refractivity contribution is 7.89. The third-order valence-electron chi connectivity index (χ3n) is 3.65. The number of anilines is 1. The molecule has 2 N–H and O–H groups in total. The molecule has 0 radical (unpaired) electrons. The van der Waals surface area contributed by atoms with Crippen LogP contribution in [0.15, 0.2) is 29.4 Å². The number of hydrogen-bond acceptors (Lipinski definition) is 5. The highest BCUT2D eigenvalue weighted by Gasteiger charge is 2.34. The molecule has 2 aromatic heterocycles. The molecule has 1 saturated heterocycles. The van der Waals surface area contributed by atoms with Gasteiger partial charge >= 0.3 is 0 Å². The molecule has 1 aliphatic heterocycles.